The number of hydrogen-bond acceptors (Lipinski definition) is 5. The number of thiophene rings is 1. The molecule has 0 aliphatic heterocycles. The van der Waals surface area contributed by atoms with Crippen LogP contribution in [0.1, 0.15) is 12.0 Å². The predicted octanol–water partition coefficient (Wildman–Crippen LogP) is 2.79. The van der Waals surface area contributed by atoms with Crippen LogP contribution in [-0.4, -0.2) is 11.9 Å². The van der Waals surface area contributed by atoms with Crippen molar-refractivity contribution in [1.29, 1.82) is 0 Å². The normalized spacial score (nSPS) is 9.89. The fourth-order valence-electron chi connectivity index (χ4n) is 1.38. The summed E-state index contributed by atoms with van der Waals surface area (Å²) >= 11 is 1.41. The average Bonchev–Trinajstić information content (AvgIpc) is 2.90. The highest BCUT2D eigenvalue weighted by Gasteiger charge is 2.13. The largest absolute Gasteiger partial charge is 0.460 e. The summed E-state index contributed by atoms with van der Waals surface area (Å²) in [4.78, 5) is 22.8. The molecule has 19 heavy (non-hydrogen) atoms. The fraction of sp³-hybridized carbons (Fsp3) is 0.143. The molecule has 0 saturated heterocycles. The molecule has 2 aromatic rings. The monoisotopic (exact) mass is 276 g/mol. The zero-order chi connectivity index (χ0) is 13.5. The van der Waals surface area contributed by atoms with E-state index in [-0.39, 0.29) is 13.0 Å². The van der Waals surface area contributed by atoms with E-state index >= 15 is 0 Å². The van der Waals surface area contributed by atoms with Crippen LogP contribution in [0.15, 0.2) is 47.2 Å². The van der Waals surface area contributed by atoms with E-state index in [0.717, 1.165) is 5.56 Å². The number of rotatable bonds is 5. The van der Waals surface area contributed by atoms with Gasteiger partial charge in [0.15, 0.2) is 0 Å². The molecule has 0 spiro atoms. The van der Waals surface area contributed by atoms with Crippen molar-refractivity contribution in [2.24, 2.45) is 0 Å². The van der Waals surface area contributed by atoms with Crippen molar-refractivity contribution < 1.29 is 19.1 Å². The molecule has 0 radical (unpaired) electrons. The summed E-state index contributed by atoms with van der Waals surface area (Å²) in [5, 5.41) is 3.48. The molecule has 98 valence electrons. The van der Waals surface area contributed by atoms with E-state index in [1.165, 1.54) is 11.3 Å². The van der Waals surface area contributed by atoms with Crippen LogP contribution in [-0.2, 0) is 20.9 Å². The third-order valence-corrected chi connectivity index (χ3v) is 2.92. The van der Waals surface area contributed by atoms with Gasteiger partial charge in [-0.25, -0.2) is 0 Å². The lowest BCUT2D eigenvalue weighted by Crippen LogP contribution is -2.15. The van der Waals surface area contributed by atoms with E-state index in [0.29, 0.717) is 5.75 Å². The SMILES string of the molecule is O=C(CC(=O)Oc1ccsc1)OCc1ccccc1. The van der Waals surface area contributed by atoms with E-state index in [1.54, 1.807) is 16.8 Å². The minimum absolute atomic E-state index is 0.158. The van der Waals surface area contributed by atoms with Gasteiger partial charge >= 0.3 is 11.9 Å². The van der Waals surface area contributed by atoms with Gasteiger partial charge in [-0.2, -0.15) is 0 Å². The van der Waals surface area contributed by atoms with Gasteiger partial charge in [0, 0.05) is 5.38 Å². The van der Waals surface area contributed by atoms with Crippen molar-refractivity contribution >= 4 is 23.3 Å². The zero-order valence-corrected chi connectivity index (χ0v) is 10.9. The maximum atomic E-state index is 11.4. The third-order valence-electron chi connectivity index (χ3n) is 2.26. The van der Waals surface area contributed by atoms with Gasteiger partial charge in [0.1, 0.15) is 18.8 Å². The minimum Gasteiger partial charge on any atom is -0.460 e. The second-order valence-electron chi connectivity index (χ2n) is 3.76. The van der Waals surface area contributed by atoms with Gasteiger partial charge in [-0.3, -0.25) is 9.59 Å². The van der Waals surface area contributed by atoms with Gasteiger partial charge in [0.25, 0.3) is 0 Å². The molecule has 1 aromatic heterocycles. The molecule has 0 aliphatic rings. The number of esters is 2. The fourth-order valence-corrected chi connectivity index (χ4v) is 1.94. The Morgan fingerprint density at radius 1 is 1.05 bits per heavy atom. The molecule has 0 saturated carbocycles. The first kappa shape index (κ1) is 13.3. The van der Waals surface area contributed by atoms with Gasteiger partial charge in [-0.15, -0.1) is 11.3 Å². The van der Waals surface area contributed by atoms with Crippen LogP contribution in [0.5, 0.6) is 5.75 Å². The van der Waals surface area contributed by atoms with Gasteiger partial charge in [0.2, 0.25) is 0 Å². The van der Waals surface area contributed by atoms with Crippen LogP contribution in [0.2, 0.25) is 0 Å². The van der Waals surface area contributed by atoms with Gasteiger partial charge in [-0.05, 0) is 17.0 Å². The summed E-state index contributed by atoms with van der Waals surface area (Å²) in [6, 6.07) is 10.9. The summed E-state index contributed by atoms with van der Waals surface area (Å²) in [6.07, 6.45) is -0.386. The topological polar surface area (TPSA) is 52.6 Å². The first-order valence-corrected chi connectivity index (χ1v) is 6.61. The molecule has 4 nitrogen and oxygen atoms in total. The molecule has 0 fully saturated rings. The number of hydrogen-bond donors (Lipinski definition) is 0. The molecule has 2 rings (SSSR count). The number of ether oxygens (including phenoxy) is 2. The van der Waals surface area contributed by atoms with Gasteiger partial charge < -0.3 is 9.47 Å². The van der Waals surface area contributed by atoms with E-state index in [1.807, 2.05) is 30.3 Å². The predicted molar refractivity (Wildman–Crippen MR) is 70.8 cm³/mol. The Bertz CT molecular complexity index is 534. The van der Waals surface area contributed by atoms with Gasteiger partial charge in [-0.1, -0.05) is 30.3 Å². The lowest BCUT2D eigenvalue weighted by molar-refractivity contribution is -0.151. The number of carbonyl (C=O) groups excluding carboxylic acids is 2. The Balaban J connectivity index is 1.74. The maximum Gasteiger partial charge on any atom is 0.322 e. The van der Waals surface area contributed by atoms with Crippen molar-refractivity contribution in [2.45, 2.75) is 13.0 Å². The molecule has 0 amide bonds. The summed E-state index contributed by atoms with van der Waals surface area (Å²) in [5.41, 5.74) is 0.877. The van der Waals surface area contributed by atoms with Crippen LogP contribution in [0, 0.1) is 0 Å². The van der Waals surface area contributed by atoms with Crippen molar-refractivity contribution in [1.82, 2.24) is 0 Å². The Hall–Kier alpha value is -2.14. The number of benzene rings is 1. The summed E-state index contributed by atoms with van der Waals surface area (Å²) in [6.45, 7) is 0.158. The lowest BCUT2D eigenvalue weighted by atomic mass is 10.2. The molecule has 0 unspecified atom stereocenters. The summed E-state index contributed by atoms with van der Waals surface area (Å²) < 4.78 is 9.93. The highest BCUT2D eigenvalue weighted by molar-refractivity contribution is 7.08. The highest BCUT2D eigenvalue weighted by Crippen LogP contribution is 2.15. The van der Waals surface area contributed by atoms with Crippen molar-refractivity contribution in [2.75, 3.05) is 0 Å². The van der Waals surface area contributed by atoms with Crippen LogP contribution in [0.3, 0.4) is 0 Å². The van der Waals surface area contributed by atoms with E-state index in [4.69, 9.17) is 9.47 Å². The van der Waals surface area contributed by atoms with Gasteiger partial charge in [0.05, 0.1) is 0 Å². The maximum absolute atomic E-state index is 11.4. The van der Waals surface area contributed by atoms with Crippen LogP contribution < -0.4 is 4.74 Å². The molecule has 0 bridgehead atoms. The molecule has 1 heterocycles. The second kappa shape index (κ2) is 6.70. The van der Waals surface area contributed by atoms with E-state index < -0.39 is 11.9 Å². The third kappa shape index (κ3) is 4.56. The first-order valence-electron chi connectivity index (χ1n) is 5.66. The quantitative estimate of drug-likeness (QED) is 0.622. The molecule has 0 atom stereocenters. The Labute approximate surface area is 114 Å². The van der Waals surface area contributed by atoms with E-state index in [9.17, 15) is 9.59 Å². The van der Waals surface area contributed by atoms with Crippen molar-refractivity contribution in [3.63, 3.8) is 0 Å². The molecule has 0 N–H and O–H groups in total. The minimum atomic E-state index is -0.614. The Kier molecular flexibility index (Phi) is 4.69. The standard InChI is InChI=1S/C14H12O4S/c15-13(17-9-11-4-2-1-3-5-11)8-14(16)18-12-6-7-19-10-12/h1-7,10H,8-9H2. The zero-order valence-electron chi connectivity index (χ0n) is 10.1. The van der Waals surface area contributed by atoms with Crippen LogP contribution in [0.25, 0.3) is 0 Å². The Morgan fingerprint density at radius 3 is 2.53 bits per heavy atom. The molecular formula is C14H12O4S. The van der Waals surface area contributed by atoms with E-state index in [2.05, 4.69) is 0 Å². The van der Waals surface area contributed by atoms with Crippen molar-refractivity contribution in [3.05, 3.63) is 52.7 Å². The molecule has 1 aromatic carbocycles. The molecular weight excluding hydrogens is 264 g/mol. The van der Waals surface area contributed by atoms with Crippen molar-refractivity contribution in [3.8, 4) is 5.75 Å². The van der Waals surface area contributed by atoms with Crippen LogP contribution >= 0.6 is 11.3 Å². The summed E-state index contributed by atoms with van der Waals surface area (Å²) in [5.74, 6) is -0.758. The highest BCUT2D eigenvalue weighted by atomic mass is 32.1. The molecule has 0 aliphatic carbocycles. The van der Waals surface area contributed by atoms with Crippen LogP contribution in [0.4, 0.5) is 0 Å². The Morgan fingerprint density at radius 2 is 1.84 bits per heavy atom. The lowest BCUT2D eigenvalue weighted by Gasteiger charge is -2.04. The number of carbonyl (C=O) groups is 2. The molecule has 5 heteroatoms. The second-order valence-corrected chi connectivity index (χ2v) is 4.54. The average molecular weight is 276 g/mol. The first-order chi connectivity index (χ1) is 9.24. The summed E-state index contributed by atoms with van der Waals surface area (Å²) in [7, 11) is 0. The smallest absolute Gasteiger partial charge is 0.322 e.